The summed E-state index contributed by atoms with van der Waals surface area (Å²) in [5.74, 6) is 1.72. The Hall–Kier alpha value is -4.17. The molecule has 0 unspecified atom stereocenters. The highest BCUT2D eigenvalue weighted by Crippen LogP contribution is 2.23. The zero-order valence-corrected chi connectivity index (χ0v) is 22.9. The Morgan fingerprint density at radius 1 is 0.925 bits per heavy atom. The Bertz CT molecular complexity index is 1540. The molecule has 1 amide bonds. The first-order valence-electron chi connectivity index (χ1n) is 14.1. The third-order valence-corrected chi connectivity index (χ3v) is 8.01. The molecule has 40 heavy (non-hydrogen) atoms. The van der Waals surface area contributed by atoms with Gasteiger partial charge in [-0.25, -0.2) is 4.98 Å². The summed E-state index contributed by atoms with van der Waals surface area (Å²) in [7, 11) is 1.87. The van der Waals surface area contributed by atoms with E-state index in [1.807, 2.05) is 54.2 Å². The molecule has 2 fully saturated rings. The van der Waals surface area contributed by atoms with Gasteiger partial charge in [-0.2, -0.15) is 0 Å². The van der Waals surface area contributed by atoms with Gasteiger partial charge in [-0.05, 0) is 42.0 Å². The predicted octanol–water partition coefficient (Wildman–Crippen LogP) is 3.94. The molecule has 0 bridgehead atoms. The molecule has 2 aromatic heterocycles. The van der Waals surface area contributed by atoms with Crippen molar-refractivity contribution in [2.45, 2.75) is 25.5 Å². The monoisotopic (exact) mass is 537 g/mol. The minimum absolute atomic E-state index is 0.0423. The number of para-hydroxylation sites is 1. The van der Waals surface area contributed by atoms with Crippen LogP contribution in [0.1, 0.15) is 28.8 Å². The SMILES string of the molecule is Cn1cc(C(=O)N2CCC(Oc3cccc(CN4CCN(c5ccccn5)CC4)c3)CC2)c(=O)c2ccccc21. The maximum absolute atomic E-state index is 13.3. The number of fused-ring (bicyclic) bond motifs is 1. The molecule has 0 saturated carbocycles. The Labute approximate surface area is 234 Å². The van der Waals surface area contributed by atoms with E-state index in [1.54, 1.807) is 17.2 Å². The van der Waals surface area contributed by atoms with Crippen LogP contribution in [0.2, 0.25) is 0 Å². The minimum Gasteiger partial charge on any atom is -0.490 e. The number of piperidine rings is 1. The van der Waals surface area contributed by atoms with E-state index in [9.17, 15) is 9.59 Å². The fourth-order valence-corrected chi connectivity index (χ4v) is 5.78. The van der Waals surface area contributed by atoms with Crippen molar-refractivity contribution < 1.29 is 9.53 Å². The van der Waals surface area contributed by atoms with Crippen molar-refractivity contribution in [2.75, 3.05) is 44.2 Å². The number of piperazine rings is 1. The third-order valence-electron chi connectivity index (χ3n) is 8.01. The summed E-state index contributed by atoms with van der Waals surface area (Å²) in [6, 6.07) is 21.8. The lowest BCUT2D eigenvalue weighted by Gasteiger charge is -2.35. The molecule has 8 heteroatoms. The van der Waals surface area contributed by atoms with E-state index in [-0.39, 0.29) is 23.0 Å². The zero-order valence-electron chi connectivity index (χ0n) is 22.9. The third kappa shape index (κ3) is 5.58. The number of hydrogen-bond donors (Lipinski definition) is 0. The fraction of sp³-hybridized carbons (Fsp3) is 0.344. The number of ether oxygens (including phenoxy) is 1. The molecule has 4 aromatic rings. The maximum Gasteiger partial charge on any atom is 0.259 e. The standard InChI is InChI=1S/C32H35N5O3/c1-34-23-28(31(38)27-9-2-3-10-29(27)34)32(39)37-15-12-25(13-16-37)40-26-8-6-7-24(21-26)22-35-17-19-36(20-18-35)30-11-4-5-14-33-30/h2-11,14,21,23,25H,12-13,15-20,22H2,1H3. The first-order chi connectivity index (χ1) is 19.5. The molecule has 0 atom stereocenters. The zero-order chi connectivity index (χ0) is 27.5. The van der Waals surface area contributed by atoms with E-state index in [0.29, 0.717) is 18.5 Å². The average molecular weight is 538 g/mol. The minimum atomic E-state index is -0.202. The number of rotatable bonds is 6. The van der Waals surface area contributed by atoms with Crippen molar-refractivity contribution in [1.29, 1.82) is 0 Å². The van der Waals surface area contributed by atoms with Gasteiger partial charge in [0.2, 0.25) is 5.43 Å². The summed E-state index contributed by atoms with van der Waals surface area (Å²) in [6.07, 6.45) is 5.03. The van der Waals surface area contributed by atoms with Gasteiger partial charge >= 0.3 is 0 Å². The Balaban J connectivity index is 1.02. The van der Waals surface area contributed by atoms with Crippen LogP contribution in [0.25, 0.3) is 10.9 Å². The number of carbonyl (C=O) groups excluding carboxylic acids is 1. The lowest BCUT2D eigenvalue weighted by atomic mass is 10.1. The molecule has 6 rings (SSSR count). The van der Waals surface area contributed by atoms with Crippen LogP contribution in [0.3, 0.4) is 0 Å². The van der Waals surface area contributed by atoms with Gasteiger partial charge < -0.3 is 19.1 Å². The van der Waals surface area contributed by atoms with Crippen molar-refractivity contribution in [3.63, 3.8) is 0 Å². The van der Waals surface area contributed by atoms with E-state index in [2.05, 4.69) is 39.0 Å². The second-order valence-corrected chi connectivity index (χ2v) is 10.7. The lowest BCUT2D eigenvalue weighted by Crippen LogP contribution is -2.46. The highest BCUT2D eigenvalue weighted by molar-refractivity contribution is 5.97. The van der Waals surface area contributed by atoms with Gasteiger partial charge in [0.15, 0.2) is 0 Å². The summed E-state index contributed by atoms with van der Waals surface area (Å²) in [6.45, 7) is 5.95. The van der Waals surface area contributed by atoms with Crippen LogP contribution in [-0.2, 0) is 13.6 Å². The molecule has 0 N–H and O–H groups in total. The molecule has 2 saturated heterocycles. The van der Waals surface area contributed by atoms with Gasteiger partial charge in [-0.3, -0.25) is 14.5 Å². The average Bonchev–Trinajstić information content (AvgIpc) is 3.00. The van der Waals surface area contributed by atoms with E-state index < -0.39 is 0 Å². The maximum atomic E-state index is 13.3. The van der Waals surface area contributed by atoms with Gasteiger partial charge in [0.25, 0.3) is 5.91 Å². The number of nitrogens with zero attached hydrogens (tertiary/aromatic N) is 5. The van der Waals surface area contributed by atoms with Crippen molar-refractivity contribution >= 4 is 22.6 Å². The van der Waals surface area contributed by atoms with E-state index in [1.165, 1.54) is 5.56 Å². The molecular weight excluding hydrogens is 502 g/mol. The molecule has 0 radical (unpaired) electrons. The van der Waals surface area contributed by atoms with Gasteiger partial charge in [0.1, 0.15) is 23.2 Å². The summed E-state index contributed by atoms with van der Waals surface area (Å²) >= 11 is 0. The van der Waals surface area contributed by atoms with Gasteiger partial charge in [0.05, 0.1) is 5.52 Å². The highest BCUT2D eigenvalue weighted by atomic mass is 16.5. The summed E-state index contributed by atoms with van der Waals surface area (Å²) < 4.78 is 8.21. The number of anilines is 1. The second kappa shape index (κ2) is 11.5. The number of aryl methyl sites for hydroxylation is 1. The van der Waals surface area contributed by atoms with Gasteiger partial charge in [-0.15, -0.1) is 0 Å². The number of benzene rings is 2. The highest BCUT2D eigenvalue weighted by Gasteiger charge is 2.27. The van der Waals surface area contributed by atoms with Crippen LogP contribution in [0.5, 0.6) is 5.75 Å². The summed E-state index contributed by atoms with van der Waals surface area (Å²) in [5.41, 5.74) is 2.09. The predicted molar refractivity (Wildman–Crippen MR) is 157 cm³/mol. The topological polar surface area (TPSA) is 70.9 Å². The van der Waals surface area contributed by atoms with Crippen LogP contribution < -0.4 is 15.1 Å². The van der Waals surface area contributed by atoms with Crippen LogP contribution in [0.15, 0.2) is 83.9 Å². The number of hydrogen-bond acceptors (Lipinski definition) is 6. The van der Waals surface area contributed by atoms with Crippen molar-refractivity contribution in [1.82, 2.24) is 19.4 Å². The lowest BCUT2D eigenvalue weighted by molar-refractivity contribution is 0.0593. The second-order valence-electron chi connectivity index (χ2n) is 10.7. The van der Waals surface area contributed by atoms with Crippen LogP contribution in [0.4, 0.5) is 5.82 Å². The van der Waals surface area contributed by atoms with E-state index in [4.69, 9.17) is 4.74 Å². The first-order valence-corrected chi connectivity index (χ1v) is 14.1. The van der Waals surface area contributed by atoms with Crippen LogP contribution >= 0.6 is 0 Å². The molecule has 2 aliphatic rings. The van der Waals surface area contributed by atoms with Crippen molar-refractivity contribution in [2.24, 2.45) is 7.05 Å². The number of amides is 1. The number of pyridine rings is 2. The molecule has 8 nitrogen and oxygen atoms in total. The van der Waals surface area contributed by atoms with Gasteiger partial charge in [-0.1, -0.05) is 30.3 Å². The van der Waals surface area contributed by atoms with E-state index in [0.717, 1.165) is 62.6 Å². The van der Waals surface area contributed by atoms with Crippen LogP contribution in [0, 0.1) is 0 Å². The Morgan fingerprint density at radius 3 is 2.48 bits per heavy atom. The van der Waals surface area contributed by atoms with Crippen molar-refractivity contribution in [3.8, 4) is 5.75 Å². The molecule has 0 spiro atoms. The molecule has 0 aliphatic carbocycles. The van der Waals surface area contributed by atoms with E-state index >= 15 is 0 Å². The Kier molecular flexibility index (Phi) is 7.51. The number of likely N-dealkylation sites (tertiary alicyclic amines) is 1. The number of carbonyl (C=O) groups is 1. The normalized spacial score (nSPS) is 16.8. The molecule has 206 valence electrons. The van der Waals surface area contributed by atoms with Crippen LogP contribution in [-0.4, -0.2) is 70.6 Å². The first kappa shape index (κ1) is 26.1. The Morgan fingerprint density at radius 2 is 1.70 bits per heavy atom. The smallest absolute Gasteiger partial charge is 0.259 e. The van der Waals surface area contributed by atoms with Crippen molar-refractivity contribution in [3.05, 3.63) is 100 Å². The fourth-order valence-electron chi connectivity index (χ4n) is 5.78. The number of aromatic nitrogens is 2. The quantitative estimate of drug-likeness (QED) is 0.371. The molecule has 2 aliphatic heterocycles. The summed E-state index contributed by atoms with van der Waals surface area (Å²) in [5, 5.41) is 0.573. The molecule has 2 aromatic carbocycles. The van der Waals surface area contributed by atoms with Gasteiger partial charge in [0, 0.05) is 83.5 Å². The largest absolute Gasteiger partial charge is 0.490 e. The molecular formula is C32H35N5O3. The summed E-state index contributed by atoms with van der Waals surface area (Å²) in [4.78, 5) is 37.4. The molecule has 4 heterocycles.